The van der Waals surface area contributed by atoms with Crippen molar-refractivity contribution in [1.82, 2.24) is 4.90 Å². The monoisotopic (exact) mass is 293 g/mol. The van der Waals surface area contributed by atoms with Crippen LogP contribution in [0.2, 0.25) is 0 Å². The number of ether oxygens (including phenoxy) is 2. The fourth-order valence-corrected chi connectivity index (χ4v) is 2.41. The maximum absolute atomic E-state index is 12.3. The van der Waals surface area contributed by atoms with Crippen LogP contribution in [0.3, 0.4) is 0 Å². The zero-order valence-corrected chi connectivity index (χ0v) is 12.8. The normalized spacial score (nSPS) is 23.5. The smallest absolute Gasteiger partial charge is 0.263 e. The number of nitrogens with zero attached hydrogens (tertiary/aromatic N) is 1. The number of aliphatic hydroxyl groups excluding tert-OH is 1. The average Bonchev–Trinajstić information content (AvgIpc) is 2.50. The van der Waals surface area contributed by atoms with Gasteiger partial charge in [-0.2, -0.15) is 0 Å². The number of carbonyl (C=O) groups is 1. The Morgan fingerprint density at radius 2 is 1.95 bits per heavy atom. The van der Waals surface area contributed by atoms with E-state index in [9.17, 15) is 9.90 Å². The molecular formula is C16H23NO4. The molecule has 0 radical (unpaired) electrons. The molecule has 5 heteroatoms. The Morgan fingerprint density at radius 1 is 1.33 bits per heavy atom. The molecule has 1 saturated heterocycles. The number of rotatable bonds is 4. The summed E-state index contributed by atoms with van der Waals surface area (Å²) in [5, 5.41) is 9.88. The van der Waals surface area contributed by atoms with E-state index in [-0.39, 0.29) is 11.8 Å². The van der Waals surface area contributed by atoms with Crippen LogP contribution in [0, 0.1) is 5.92 Å². The number of amides is 1. The molecule has 116 valence electrons. The Balaban J connectivity index is 1.92. The van der Waals surface area contributed by atoms with Crippen LogP contribution < -0.4 is 9.47 Å². The Kier molecular flexibility index (Phi) is 5.07. The SMILES string of the molecule is COc1ccc(OC(C)C(=O)N2CCC(C)C(O)C2)cc1. The van der Waals surface area contributed by atoms with Crippen LogP contribution in [0.15, 0.2) is 24.3 Å². The van der Waals surface area contributed by atoms with Crippen molar-refractivity contribution in [2.75, 3.05) is 20.2 Å². The average molecular weight is 293 g/mol. The van der Waals surface area contributed by atoms with E-state index in [2.05, 4.69) is 0 Å². The van der Waals surface area contributed by atoms with Gasteiger partial charge in [-0.25, -0.2) is 0 Å². The highest BCUT2D eigenvalue weighted by atomic mass is 16.5. The van der Waals surface area contributed by atoms with Crippen LogP contribution in [0.5, 0.6) is 11.5 Å². The molecule has 1 aliphatic heterocycles. The first-order valence-electron chi connectivity index (χ1n) is 7.29. The summed E-state index contributed by atoms with van der Waals surface area (Å²) in [5.41, 5.74) is 0. The fraction of sp³-hybridized carbons (Fsp3) is 0.562. The van der Waals surface area contributed by atoms with E-state index in [0.29, 0.717) is 18.8 Å². The van der Waals surface area contributed by atoms with E-state index >= 15 is 0 Å². The summed E-state index contributed by atoms with van der Waals surface area (Å²) in [7, 11) is 1.60. The summed E-state index contributed by atoms with van der Waals surface area (Å²) in [6.07, 6.45) is -0.197. The number of aliphatic hydroxyl groups is 1. The highest BCUT2D eigenvalue weighted by Crippen LogP contribution is 2.21. The van der Waals surface area contributed by atoms with E-state index in [4.69, 9.17) is 9.47 Å². The maximum Gasteiger partial charge on any atom is 0.263 e. The molecule has 0 spiro atoms. The lowest BCUT2D eigenvalue weighted by molar-refractivity contribution is -0.142. The van der Waals surface area contributed by atoms with E-state index in [1.165, 1.54) is 0 Å². The molecule has 21 heavy (non-hydrogen) atoms. The third-order valence-electron chi connectivity index (χ3n) is 3.95. The van der Waals surface area contributed by atoms with E-state index in [0.717, 1.165) is 12.2 Å². The second-order valence-corrected chi connectivity index (χ2v) is 5.55. The van der Waals surface area contributed by atoms with Gasteiger partial charge in [0.05, 0.1) is 13.2 Å². The van der Waals surface area contributed by atoms with Crippen LogP contribution in [0.25, 0.3) is 0 Å². The molecule has 1 N–H and O–H groups in total. The van der Waals surface area contributed by atoms with Gasteiger partial charge in [-0.1, -0.05) is 6.92 Å². The van der Waals surface area contributed by atoms with Gasteiger partial charge in [0.2, 0.25) is 0 Å². The number of hydrogen-bond acceptors (Lipinski definition) is 4. The molecule has 1 amide bonds. The standard InChI is InChI=1S/C16H23NO4/c1-11-8-9-17(10-15(11)18)16(19)12(2)21-14-6-4-13(20-3)5-7-14/h4-7,11-12,15,18H,8-10H2,1-3H3. The lowest BCUT2D eigenvalue weighted by Crippen LogP contribution is -2.49. The van der Waals surface area contributed by atoms with Crippen molar-refractivity contribution >= 4 is 5.91 Å². The van der Waals surface area contributed by atoms with Crippen molar-refractivity contribution in [3.8, 4) is 11.5 Å². The van der Waals surface area contributed by atoms with E-state index in [1.807, 2.05) is 6.92 Å². The van der Waals surface area contributed by atoms with Gasteiger partial charge in [0.25, 0.3) is 5.91 Å². The van der Waals surface area contributed by atoms with Gasteiger partial charge in [-0.15, -0.1) is 0 Å². The van der Waals surface area contributed by atoms with Gasteiger partial charge < -0.3 is 19.5 Å². The highest BCUT2D eigenvalue weighted by Gasteiger charge is 2.30. The molecule has 1 aliphatic rings. The molecule has 1 aromatic carbocycles. The quantitative estimate of drug-likeness (QED) is 0.918. The number of hydrogen-bond donors (Lipinski definition) is 1. The van der Waals surface area contributed by atoms with Gasteiger partial charge in [0.15, 0.2) is 6.10 Å². The summed E-state index contributed by atoms with van der Waals surface area (Å²) < 4.78 is 10.7. The third-order valence-corrected chi connectivity index (χ3v) is 3.95. The van der Waals surface area contributed by atoms with Gasteiger partial charge in [-0.05, 0) is 43.5 Å². The predicted molar refractivity (Wildman–Crippen MR) is 79.5 cm³/mol. The molecule has 1 heterocycles. The Labute approximate surface area is 125 Å². The molecule has 0 bridgehead atoms. The number of piperidine rings is 1. The Morgan fingerprint density at radius 3 is 2.52 bits per heavy atom. The van der Waals surface area contributed by atoms with Crippen LogP contribution in [-0.4, -0.2) is 48.3 Å². The van der Waals surface area contributed by atoms with Gasteiger partial charge >= 0.3 is 0 Å². The molecular weight excluding hydrogens is 270 g/mol. The molecule has 5 nitrogen and oxygen atoms in total. The molecule has 0 aromatic heterocycles. The van der Waals surface area contributed by atoms with Crippen molar-refractivity contribution in [3.05, 3.63) is 24.3 Å². The van der Waals surface area contributed by atoms with Crippen molar-refractivity contribution in [3.63, 3.8) is 0 Å². The van der Waals surface area contributed by atoms with Crippen LogP contribution in [0.1, 0.15) is 20.3 Å². The van der Waals surface area contributed by atoms with Crippen molar-refractivity contribution in [2.45, 2.75) is 32.5 Å². The van der Waals surface area contributed by atoms with Crippen molar-refractivity contribution in [1.29, 1.82) is 0 Å². The minimum absolute atomic E-state index is 0.0863. The molecule has 0 saturated carbocycles. The molecule has 3 atom stereocenters. The summed E-state index contributed by atoms with van der Waals surface area (Å²) in [4.78, 5) is 14.0. The summed E-state index contributed by atoms with van der Waals surface area (Å²) in [6, 6.07) is 7.13. The molecule has 1 fully saturated rings. The van der Waals surface area contributed by atoms with Crippen LogP contribution in [-0.2, 0) is 4.79 Å². The van der Waals surface area contributed by atoms with Crippen LogP contribution in [0.4, 0.5) is 0 Å². The zero-order chi connectivity index (χ0) is 15.4. The van der Waals surface area contributed by atoms with Crippen molar-refractivity contribution < 1.29 is 19.4 Å². The number of methoxy groups -OCH3 is 1. The maximum atomic E-state index is 12.3. The Bertz CT molecular complexity index is 474. The number of benzene rings is 1. The minimum atomic E-state index is -0.570. The third kappa shape index (κ3) is 3.88. The fourth-order valence-electron chi connectivity index (χ4n) is 2.41. The summed E-state index contributed by atoms with van der Waals surface area (Å²) >= 11 is 0. The Hall–Kier alpha value is -1.75. The first-order chi connectivity index (χ1) is 10.0. The summed E-state index contributed by atoms with van der Waals surface area (Å²) in [5.74, 6) is 1.53. The first-order valence-corrected chi connectivity index (χ1v) is 7.29. The highest BCUT2D eigenvalue weighted by molar-refractivity contribution is 5.81. The van der Waals surface area contributed by atoms with Gasteiger partial charge in [0.1, 0.15) is 11.5 Å². The minimum Gasteiger partial charge on any atom is -0.497 e. The molecule has 3 unspecified atom stereocenters. The largest absolute Gasteiger partial charge is 0.497 e. The second kappa shape index (κ2) is 6.80. The molecule has 1 aromatic rings. The molecule has 2 rings (SSSR count). The lowest BCUT2D eigenvalue weighted by Gasteiger charge is -2.35. The van der Waals surface area contributed by atoms with Gasteiger partial charge in [-0.3, -0.25) is 4.79 Å². The van der Waals surface area contributed by atoms with E-state index < -0.39 is 12.2 Å². The number of β-amino-alcohol motifs (C(OH)–C–C–N with tert-alkyl or cyclic N) is 1. The van der Waals surface area contributed by atoms with Gasteiger partial charge in [0, 0.05) is 13.1 Å². The molecule has 0 aliphatic carbocycles. The number of carbonyl (C=O) groups excluding carboxylic acids is 1. The van der Waals surface area contributed by atoms with E-state index in [1.54, 1.807) is 43.2 Å². The first kappa shape index (κ1) is 15.6. The summed E-state index contributed by atoms with van der Waals surface area (Å²) in [6.45, 7) is 4.80. The second-order valence-electron chi connectivity index (χ2n) is 5.55. The zero-order valence-electron chi connectivity index (χ0n) is 12.8. The topological polar surface area (TPSA) is 59.0 Å². The van der Waals surface area contributed by atoms with Crippen molar-refractivity contribution in [2.24, 2.45) is 5.92 Å². The van der Waals surface area contributed by atoms with Crippen LogP contribution >= 0.6 is 0 Å². The lowest BCUT2D eigenvalue weighted by atomic mass is 9.96. The predicted octanol–water partition coefficient (Wildman–Crippen LogP) is 1.69. The number of likely N-dealkylation sites (tertiary alicyclic amines) is 1.